The van der Waals surface area contributed by atoms with E-state index in [1.165, 1.54) is 0 Å². The summed E-state index contributed by atoms with van der Waals surface area (Å²) < 4.78 is 23.4. The Balaban J connectivity index is 2.63. The van der Waals surface area contributed by atoms with Crippen LogP contribution in [0.4, 0.5) is 0 Å². The molecule has 0 fully saturated rings. The molecule has 7 heteroatoms. The third kappa shape index (κ3) is 5.59. The number of hydrogen-bond donors (Lipinski definition) is 1. The van der Waals surface area contributed by atoms with Gasteiger partial charge >= 0.3 is 5.97 Å². The molecule has 106 valence electrons. The van der Waals surface area contributed by atoms with Crippen molar-refractivity contribution < 1.29 is 18.0 Å². The van der Waals surface area contributed by atoms with Crippen molar-refractivity contribution in [2.24, 2.45) is 5.41 Å². The van der Waals surface area contributed by atoms with Crippen LogP contribution in [-0.2, 0) is 25.4 Å². The van der Waals surface area contributed by atoms with Crippen LogP contribution >= 0.6 is 11.6 Å². The second-order valence-corrected chi connectivity index (χ2v) is 7.23. The van der Waals surface area contributed by atoms with Gasteiger partial charge in [0.2, 0.25) is 10.0 Å². The summed E-state index contributed by atoms with van der Waals surface area (Å²) >= 11 is 5.70. The van der Waals surface area contributed by atoms with Gasteiger partial charge in [0.05, 0.1) is 11.2 Å². The molecule has 1 aromatic rings. The SMILES string of the molecule is CC(C)(C)C(=O)ONS(=O)(=O)Cc1ccc(Cl)cc1. The van der Waals surface area contributed by atoms with Gasteiger partial charge in [0.15, 0.2) is 0 Å². The number of rotatable bonds is 4. The number of carbonyl (C=O) groups is 1. The fourth-order valence-electron chi connectivity index (χ4n) is 1.08. The summed E-state index contributed by atoms with van der Waals surface area (Å²) in [6, 6.07) is 6.36. The molecule has 0 aromatic heterocycles. The van der Waals surface area contributed by atoms with Crippen molar-refractivity contribution in [3.8, 4) is 0 Å². The lowest BCUT2D eigenvalue weighted by Crippen LogP contribution is -2.33. The Morgan fingerprint density at radius 1 is 1.26 bits per heavy atom. The second kappa shape index (κ2) is 5.90. The molecule has 0 amide bonds. The fourth-order valence-corrected chi connectivity index (χ4v) is 2.10. The van der Waals surface area contributed by atoms with Crippen molar-refractivity contribution >= 4 is 27.6 Å². The van der Waals surface area contributed by atoms with E-state index in [9.17, 15) is 13.2 Å². The molecular weight excluding hydrogens is 290 g/mol. The van der Waals surface area contributed by atoms with Crippen LogP contribution in [0.3, 0.4) is 0 Å². The van der Waals surface area contributed by atoms with Gasteiger partial charge in [-0.1, -0.05) is 23.7 Å². The van der Waals surface area contributed by atoms with Crippen LogP contribution in [0.15, 0.2) is 24.3 Å². The van der Waals surface area contributed by atoms with E-state index in [1.54, 1.807) is 45.0 Å². The summed E-state index contributed by atoms with van der Waals surface area (Å²) in [6.07, 6.45) is 0. The smallest absolute Gasteiger partial charge is 0.331 e. The molecule has 1 N–H and O–H groups in total. The second-order valence-electron chi connectivity index (χ2n) is 5.11. The van der Waals surface area contributed by atoms with Crippen molar-refractivity contribution in [3.63, 3.8) is 0 Å². The van der Waals surface area contributed by atoms with E-state index in [2.05, 4.69) is 4.84 Å². The highest BCUT2D eigenvalue weighted by Gasteiger charge is 2.25. The van der Waals surface area contributed by atoms with Gasteiger partial charge in [0.25, 0.3) is 0 Å². The first-order valence-electron chi connectivity index (χ1n) is 5.55. The highest BCUT2D eigenvalue weighted by molar-refractivity contribution is 7.88. The molecule has 0 atom stereocenters. The third-order valence-electron chi connectivity index (χ3n) is 2.14. The van der Waals surface area contributed by atoms with Gasteiger partial charge in [-0.3, -0.25) is 0 Å². The topological polar surface area (TPSA) is 72.5 Å². The summed E-state index contributed by atoms with van der Waals surface area (Å²) in [5.74, 6) is -0.936. The number of hydrogen-bond acceptors (Lipinski definition) is 4. The largest absolute Gasteiger partial charge is 0.355 e. The van der Waals surface area contributed by atoms with Crippen molar-refractivity contribution in [1.29, 1.82) is 0 Å². The third-order valence-corrected chi connectivity index (χ3v) is 3.45. The zero-order chi connectivity index (χ0) is 14.7. The zero-order valence-electron chi connectivity index (χ0n) is 10.9. The molecular formula is C12H16ClNO4S. The highest BCUT2D eigenvalue weighted by Crippen LogP contribution is 2.15. The normalized spacial score (nSPS) is 12.2. The average Bonchev–Trinajstić information content (AvgIpc) is 2.27. The Morgan fingerprint density at radius 3 is 2.26 bits per heavy atom. The Kier molecular flexibility index (Phi) is 4.95. The lowest BCUT2D eigenvalue weighted by Gasteiger charge is -2.16. The molecule has 0 heterocycles. The number of nitrogens with one attached hydrogen (secondary N) is 1. The minimum atomic E-state index is -3.74. The number of benzene rings is 1. The number of carbonyl (C=O) groups excluding carboxylic acids is 1. The minimum absolute atomic E-state index is 0.290. The van der Waals surface area contributed by atoms with Crippen molar-refractivity contribution in [1.82, 2.24) is 4.89 Å². The van der Waals surface area contributed by atoms with E-state index in [0.29, 0.717) is 10.6 Å². The van der Waals surface area contributed by atoms with Crippen LogP contribution < -0.4 is 4.89 Å². The number of sulfonamides is 1. The number of halogens is 1. The van der Waals surface area contributed by atoms with Crippen molar-refractivity contribution in [2.75, 3.05) is 0 Å². The maximum absolute atomic E-state index is 11.7. The summed E-state index contributed by atoms with van der Waals surface area (Å²) in [5.41, 5.74) is -0.230. The molecule has 0 aliphatic rings. The van der Waals surface area contributed by atoms with Crippen molar-refractivity contribution in [3.05, 3.63) is 34.9 Å². The minimum Gasteiger partial charge on any atom is -0.355 e. The molecule has 0 saturated heterocycles. The van der Waals surface area contributed by atoms with Crippen LogP contribution in [-0.4, -0.2) is 14.4 Å². The Hall–Kier alpha value is -1.11. The molecule has 1 rings (SSSR count). The van der Waals surface area contributed by atoms with Gasteiger partial charge < -0.3 is 4.84 Å². The molecule has 1 aromatic carbocycles. The van der Waals surface area contributed by atoms with Gasteiger partial charge in [0, 0.05) is 5.02 Å². The maximum atomic E-state index is 11.7. The van der Waals surface area contributed by atoms with Gasteiger partial charge in [-0.15, -0.1) is 0 Å². The van der Waals surface area contributed by atoms with Crippen molar-refractivity contribution in [2.45, 2.75) is 26.5 Å². The molecule has 0 spiro atoms. The quantitative estimate of drug-likeness (QED) is 0.866. The van der Waals surface area contributed by atoms with Gasteiger partial charge in [0.1, 0.15) is 0 Å². The molecule has 0 aliphatic heterocycles. The average molecular weight is 306 g/mol. The Bertz CT molecular complexity index is 546. The fraction of sp³-hybridized carbons (Fsp3) is 0.417. The predicted octanol–water partition coefficient (Wildman–Crippen LogP) is 2.26. The van der Waals surface area contributed by atoms with Gasteiger partial charge in [-0.2, -0.15) is 0 Å². The Morgan fingerprint density at radius 2 is 1.79 bits per heavy atom. The van der Waals surface area contributed by atoms with Crippen LogP contribution in [0.5, 0.6) is 0 Å². The highest BCUT2D eigenvalue weighted by atomic mass is 35.5. The van der Waals surface area contributed by atoms with E-state index < -0.39 is 21.4 Å². The van der Waals surface area contributed by atoms with Crippen LogP contribution in [0.2, 0.25) is 5.02 Å². The van der Waals surface area contributed by atoms with Crippen LogP contribution in [0.1, 0.15) is 26.3 Å². The predicted molar refractivity (Wildman–Crippen MR) is 72.8 cm³/mol. The summed E-state index contributed by atoms with van der Waals surface area (Å²) in [4.78, 5) is 17.8. The standard InChI is InChI=1S/C12H16ClNO4S/c1-12(2,3)11(15)18-14-19(16,17)8-9-4-6-10(13)7-5-9/h4-7,14H,8H2,1-3H3. The molecule has 0 aliphatic carbocycles. The maximum Gasteiger partial charge on any atom is 0.331 e. The first kappa shape index (κ1) is 15.9. The summed E-state index contributed by atoms with van der Waals surface area (Å²) in [5, 5.41) is 0.522. The lowest BCUT2D eigenvalue weighted by atomic mass is 9.98. The van der Waals surface area contributed by atoms with E-state index in [0.717, 1.165) is 0 Å². The summed E-state index contributed by atoms with van der Waals surface area (Å²) in [7, 11) is -3.74. The van der Waals surface area contributed by atoms with E-state index in [1.807, 2.05) is 4.89 Å². The molecule has 0 bridgehead atoms. The molecule has 19 heavy (non-hydrogen) atoms. The zero-order valence-corrected chi connectivity index (χ0v) is 12.5. The van der Waals surface area contributed by atoms with Gasteiger partial charge in [-0.05, 0) is 43.4 Å². The lowest BCUT2D eigenvalue weighted by molar-refractivity contribution is -0.156. The first-order valence-corrected chi connectivity index (χ1v) is 7.58. The molecule has 0 saturated carbocycles. The van der Waals surface area contributed by atoms with E-state index in [4.69, 9.17) is 11.6 Å². The summed E-state index contributed by atoms with van der Waals surface area (Å²) in [6.45, 7) is 4.88. The van der Waals surface area contributed by atoms with E-state index in [-0.39, 0.29) is 5.75 Å². The molecule has 0 radical (unpaired) electrons. The van der Waals surface area contributed by atoms with Crippen LogP contribution in [0.25, 0.3) is 0 Å². The molecule has 0 unspecified atom stereocenters. The van der Waals surface area contributed by atoms with Crippen LogP contribution in [0, 0.1) is 5.41 Å². The Labute approximate surface area is 117 Å². The monoisotopic (exact) mass is 305 g/mol. The van der Waals surface area contributed by atoms with E-state index >= 15 is 0 Å². The van der Waals surface area contributed by atoms with Gasteiger partial charge in [-0.25, -0.2) is 13.2 Å². The first-order chi connectivity index (χ1) is 8.60. The molecule has 5 nitrogen and oxygen atoms in total.